The van der Waals surface area contributed by atoms with Crippen molar-refractivity contribution in [1.82, 2.24) is 0 Å². The predicted molar refractivity (Wildman–Crippen MR) is 97.9 cm³/mol. The molecule has 0 amide bonds. The van der Waals surface area contributed by atoms with Gasteiger partial charge in [0.15, 0.2) is 6.10 Å². The topological polar surface area (TPSA) is 9.23 Å². The molecule has 0 aliphatic carbocycles. The van der Waals surface area contributed by atoms with Gasteiger partial charge in [-0.3, -0.25) is 8.97 Å². The van der Waals surface area contributed by atoms with Crippen molar-refractivity contribution in [1.29, 1.82) is 0 Å². The van der Waals surface area contributed by atoms with Crippen molar-refractivity contribution in [2.24, 2.45) is 0 Å². The summed E-state index contributed by atoms with van der Waals surface area (Å²) in [6.45, 7) is 6.76. The van der Waals surface area contributed by atoms with E-state index in [0.29, 0.717) is 12.3 Å². The fourth-order valence-electron chi connectivity index (χ4n) is 4.02. The highest BCUT2D eigenvalue weighted by molar-refractivity contribution is 4.61. The molecule has 0 aromatic carbocycles. The van der Waals surface area contributed by atoms with Gasteiger partial charge in [0.05, 0.1) is 48.4 Å². The second kappa shape index (κ2) is 9.89. The lowest BCUT2D eigenvalue weighted by atomic mass is 10.1. The highest BCUT2D eigenvalue weighted by Crippen LogP contribution is 2.21. The van der Waals surface area contributed by atoms with E-state index in [1.165, 1.54) is 44.9 Å². The van der Waals surface area contributed by atoms with Crippen LogP contribution in [0.1, 0.15) is 65.7 Å². The first kappa shape index (κ1) is 21.9. The standard InChI is InChI=1S/C19H44N2O/c1-10-11-12-13-14-15-16-17(2)22-18(3)19(20(4,5)6)21(7,8)9/h17-19H,10-16H2,1-9H3/q+2. The van der Waals surface area contributed by atoms with Gasteiger partial charge in [-0.25, -0.2) is 0 Å². The predicted octanol–water partition coefficient (Wildman–Crippen LogP) is 4.27. The van der Waals surface area contributed by atoms with Crippen molar-refractivity contribution in [3.05, 3.63) is 0 Å². The molecule has 22 heavy (non-hydrogen) atoms. The Hall–Kier alpha value is -0.120. The molecule has 134 valence electrons. The SMILES string of the molecule is CCCCCCCCC(C)OC(C)C([N+](C)(C)C)[N+](C)(C)C. The van der Waals surface area contributed by atoms with Crippen molar-refractivity contribution in [3.63, 3.8) is 0 Å². The molecule has 0 spiro atoms. The van der Waals surface area contributed by atoms with E-state index in [9.17, 15) is 0 Å². The van der Waals surface area contributed by atoms with Gasteiger partial charge in [0.1, 0.15) is 0 Å². The lowest BCUT2D eigenvalue weighted by Gasteiger charge is -2.45. The van der Waals surface area contributed by atoms with E-state index in [2.05, 4.69) is 63.1 Å². The van der Waals surface area contributed by atoms with E-state index in [4.69, 9.17) is 4.74 Å². The van der Waals surface area contributed by atoms with Crippen LogP contribution < -0.4 is 0 Å². The van der Waals surface area contributed by atoms with E-state index in [1.54, 1.807) is 0 Å². The molecule has 0 aliphatic heterocycles. The van der Waals surface area contributed by atoms with Crippen LogP contribution in [0.2, 0.25) is 0 Å². The molecule has 3 nitrogen and oxygen atoms in total. The molecule has 0 fully saturated rings. The van der Waals surface area contributed by atoms with Crippen LogP contribution in [0, 0.1) is 0 Å². The Morgan fingerprint density at radius 3 is 1.64 bits per heavy atom. The molecule has 2 atom stereocenters. The zero-order valence-electron chi connectivity index (χ0n) is 17.0. The molecule has 0 bridgehead atoms. The fourth-order valence-corrected chi connectivity index (χ4v) is 4.02. The summed E-state index contributed by atoms with van der Waals surface area (Å²) in [5, 5.41) is 0. The van der Waals surface area contributed by atoms with Crippen LogP contribution in [-0.4, -0.2) is 69.6 Å². The molecule has 0 saturated heterocycles. The van der Waals surface area contributed by atoms with Gasteiger partial charge >= 0.3 is 0 Å². The number of likely N-dealkylation sites (N-methyl/N-ethyl adjacent to an activating group) is 2. The Balaban J connectivity index is 4.23. The lowest BCUT2D eigenvalue weighted by Crippen LogP contribution is -2.66. The fraction of sp³-hybridized carbons (Fsp3) is 1.00. The Labute approximate surface area is 140 Å². The number of hydrogen-bond donors (Lipinski definition) is 0. The maximum Gasteiger partial charge on any atom is 0.241 e. The minimum Gasteiger partial charge on any atom is -0.363 e. The average Bonchev–Trinajstić information content (AvgIpc) is 2.29. The van der Waals surface area contributed by atoms with Gasteiger partial charge in [-0.05, 0) is 20.3 Å². The summed E-state index contributed by atoms with van der Waals surface area (Å²) in [6.07, 6.45) is 10.4. The van der Waals surface area contributed by atoms with Gasteiger partial charge in [0.2, 0.25) is 6.17 Å². The largest absolute Gasteiger partial charge is 0.363 e. The van der Waals surface area contributed by atoms with Gasteiger partial charge in [-0.1, -0.05) is 45.4 Å². The minimum absolute atomic E-state index is 0.259. The smallest absolute Gasteiger partial charge is 0.241 e. The van der Waals surface area contributed by atoms with Crippen molar-refractivity contribution < 1.29 is 13.7 Å². The van der Waals surface area contributed by atoms with E-state index in [-0.39, 0.29) is 6.10 Å². The normalized spacial score (nSPS) is 16.1. The van der Waals surface area contributed by atoms with E-state index >= 15 is 0 Å². The van der Waals surface area contributed by atoms with Crippen LogP contribution in [0.4, 0.5) is 0 Å². The number of ether oxygens (including phenoxy) is 1. The first-order valence-electron chi connectivity index (χ1n) is 9.27. The monoisotopic (exact) mass is 316 g/mol. The van der Waals surface area contributed by atoms with E-state index in [0.717, 1.165) is 8.97 Å². The molecule has 0 radical (unpaired) electrons. The van der Waals surface area contributed by atoms with E-state index in [1.807, 2.05) is 0 Å². The third-order valence-corrected chi connectivity index (χ3v) is 4.42. The third-order valence-electron chi connectivity index (χ3n) is 4.42. The lowest BCUT2D eigenvalue weighted by molar-refractivity contribution is -1.09. The number of rotatable bonds is 12. The van der Waals surface area contributed by atoms with Crippen LogP contribution in [0.15, 0.2) is 0 Å². The first-order valence-corrected chi connectivity index (χ1v) is 9.27. The summed E-state index contributed by atoms with van der Waals surface area (Å²) in [6, 6.07) is 0. The Morgan fingerprint density at radius 1 is 0.727 bits per heavy atom. The van der Waals surface area contributed by atoms with Gasteiger partial charge in [0.25, 0.3) is 0 Å². The average molecular weight is 317 g/mol. The second-order valence-corrected chi connectivity index (χ2v) is 8.85. The van der Waals surface area contributed by atoms with Crippen molar-refractivity contribution in [2.45, 2.75) is 84.1 Å². The maximum absolute atomic E-state index is 6.36. The van der Waals surface area contributed by atoms with Gasteiger partial charge in [-0.2, -0.15) is 0 Å². The molecule has 0 aromatic heterocycles. The van der Waals surface area contributed by atoms with E-state index < -0.39 is 0 Å². The number of quaternary nitrogens is 2. The zero-order chi connectivity index (χ0) is 17.4. The van der Waals surface area contributed by atoms with Gasteiger partial charge in [-0.15, -0.1) is 0 Å². The number of nitrogens with zero attached hydrogens (tertiary/aromatic N) is 2. The molecule has 0 saturated carbocycles. The highest BCUT2D eigenvalue weighted by atomic mass is 16.5. The molecule has 0 rings (SSSR count). The molecule has 0 aliphatic rings. The Morgan fingerprint density at radius 2 is 1.18 bits per heavy atom. The van der Waals surface area contributed by atoms with Crippen LogP contribution >= 0.6 is 0 Å². The summed E-state index contributed by atoms with van der Waals surface area (Å²) in [5.41, 5.74) is 0. The van der Waals surface area contributed by atoms with Crippen LogP contribution in [-0.2, 0) is 4.74 Å². The molecule has 3 heteroatoms. The van der Waals surface area contributed by atoms with Crippen molar-refractivity contribution in [3.8, 4) is 0 Å². The zero-order valence-corrected chi connectivity index (χ0v) is 17.0. The van der Waals surface area contributed by atoms with Crippen molar-refractivity contribution in [2.75, 3.05) is 42.3 Å². The first-order chi connectivity index (χ1) is 10.00. The molecule has 0 heterocycles. The molecule has 0 aromatic rings. The second-order valence-electron chi connectivity index (χ2n) is 8.85. The molecule has 0 N–H and O–H groups in total. The number of hydrogen-bond acceptors (Lipinski definition) is 1. The highest BCUT2D eigenvalue weighted by Gasteiger charge is 2.42. The van der Waals surface area contributed by atoms with Crippen LogP contribution in [0.3, 0.4) is 0 Å². The van der Waals surface area contributed by atoms with Crippen molar-refractivity contribution >= 4 is 0 Å². The molecular weight excluding hydrogens is 272 g/mol. The molecule has 2 unspecified atom stereocenters. The summed E-state index contributed by atoms with van der Waals surface area (Å²) in [4.78, 5) is 0. The minimum atomic E-state index is 0.259. The maximum atomic E-state index is 6.36. The Bertz CT molecular complexity index is 264. The third kappa shape index (κ3) is 9.12. The Kier molecular flexibility index (Phi) is 9.84. The summed E-state index contributed by atoms with van der Waals surface area (Å²) in [5.74, 6) is 0. The van der Waals surface area contributed by atoms with Crippen LogP contribution in [0.25, 0.3) is 0 Å². The summed E-state index contributed by atoms with van der Waals surface area (Å²) in [7, 11) is 13.6. The van der Waals surface area contributed by atoms with Gasteiger partial charge in [0, 0.05) is 0 Å². The molecular formula is C19H44N2O+2. The number of unbranched alkanes of at least 4 members (excludes halogenated alkanes) is 5. The van der Waals surface area contributed by atoms with Gasteiger partial charge < -0.3 is 4.74 Å². The summed E-state index contributed by atoms with van der Waals surface area (Å²) < 4.78 is 8.21. The van der Waals surface area contributed by atoms with Crippen LogP contribution in [0.5, 0.6) is 0 Å². The quantitative estimate of drug-likeness (QED) is 0.297. The summed E-state index contributed by atoms with van der Waals surface area (Å²) >= 11 is 0.